The van der Waals surface area contributed by atoms with Crippen molar-refractivity contribution < 1.29 is 40.3 Å². The number of nitrogens with one attached hydrogen (secondary N) is 2. The molecule has 0 aromatic carbocycles. The normalized spacial score (nSPS) is 11.8. The van der Waals surface area contributed by atoms with Crippen LogP contribution in [0, 0.1) is 12.7 Å². The number of ether oxygens (including phenoxy) is 1. The van der Waals surface area contributed by atoms with Crippen LogP contribution >= 0.6 is 11.3 Å². The second-order valence-corrected chi connectivity index (χ2v) is 9.12. The van der Waals surface area contributed by atoms with Gasteiger partial charge >= 0.3 is 18.2 Å². The fourth-order valence-corrected chi connectivity index (χ4v) is 4.77. The molecule has 31 heavy (non-hydrogen) atoms. The number of amides is 2. The summed E-state index contributed by atoms with van der Waals surface area (Å²) < 4.78 is 83.0. The zero-order valence-corrected chi connectivity index (χ0v) is 17.6. The van der Waals surface area contributed by atoms with Gasteiger partial charge in [0, 0.05) is 18.2 Å². The molecule has 0 unspecified atom stereocenters. The molecular weight excluding hydrogens is 468 g/mol. The minimum Gasteiger partial charge on any atom is -0.465 e. The van der Waals surface area contributed by atoms with E-state index < -0.39 is 51.2 Å². The maximum Gasteiger partial charge on any atom is 0.419 e. The molecule has 2 heterocycles. The molecular formula is C16H16F4N4O5S2. The zero-order chi connectivity index (χ0) is 23.6. The molecule has 0 atom stereocenters. The van der Waals surface area contributed by atoms with Crippen molar-refractivity contribution in [1.29, 1.82) is 0 Å². The summed E-state index contributed by atoms with van der Waals surface area (Å²) >= 11 is 0.821. The largest absolute Gasteiger partial charge is 0.465 e. The van der Waals surface area contributed by atoms with Crippen molar-refractivity contribution in [3.05, 3.63) is 34.0 Å². The number of esters is 1. The van der Waals surface area contributed by atoms with Crippen molar-refractivity contribution in [2.75, 3.05) is 17.7 Å². The van der Waals surface area contributed by atoms with Crippen molar-refractivity contribution in [3.8, 4) is 0 Å². The average molecular weight is 484 g/mol. The van der Waals surface area contributed by atoms with Gasteiger partial charge in [-0.25, -0.2) is 27.3 Å². The molecule has 2 rings (SSSR count). The fourth-order valence-electron chi connectivity index (χ4n) is 2.29. The zero-order valence-electron chi connectivity index (χ0n) is 16.0. The van der Waals surface area contributed by atoms with E-state index in [0.717, 1.165) is 11.3 Å². The predicted octanol–water partition coefficient (Wildman–Crippen LogP) is 2.81. The van der Waals surface area contributed by atoms with Gasteiger partial charge < -0.3 is 10.5 Å². The number of hydrogen-bond donors (Lipinski definition) is 3. The third-order valence-corrected chi connectivity index (χ3v) is 6.76. The number of nitrogens with two attached hydrogens (primary N) is 1. The smallest absolute Gasteiger partial charge is 0.419 e. The molecule has 4 N–H and O–H groups in total. The molecule has 0 saturated carbocycles. The van der Waals surface area contributed by atoms with Gasteiger partial charge in [-0.2, -0.15) is 13.2 Å². The molecule has 9 nitrogen and oxygen atoms in total. The van der Waals surface area contributed by atoms with Crippen molar-refractivity contribution in [3.63, 3.8) is 0 Å². The molecule has 0 aliphatic heterocycles. The Morgan fingerprint density at radius 2 is 1.94 bits per heavy atom. The molecule has 0 spiro atoms. The van der Waals surface area contributed by atoms with Crippen molar-refractivity contribution in [1.82, 2.24) is 9.71 Å². The van der Waals surface area contributed by atoms with Crippen LogP contribution in [0.2, 0.25) is 0 Å². The maximum atomic E-state index is 13.5. The number of thiophene rings is 1. The molecule has 15 heteroatoms. The van der Waals surface area contributed by atoms with Crippen LogP contribution in [0.4, 0.5) is 34.0 Å². The molecule has 2 aromatic rings. The van der Waals surface area contributed by atoms with Crippen LogP contribution in [0.5, 0.6) is 0 Å². The van der Waals surface area contributed by atoms with Crippen LogP contribution in [0.1, 0.15) is 22.9 Å². The number of nitrogen functional groups attached to an aromatic ring is 1. The standard InChI is InChI=1S/C16H16F4N4O5S2/c1-7-5-12(30-10(7)3-4-29-8(2)25)31(27,28)24-15(26)23-11-6-9(16(18,19)20)13(17)14(21)22-11/h5-6H,3-4H2,1-2H3,(H4,21,22,23,24,26). The van der Waals surface area contributed by atoms with Crippen LogP contribution in [-0.4, -0.2) is 32.0 Å². The summed E-state index contributed by atoms with van der Waals surface area (Å²) in [6.07, 6.45) is -4.87. The van der Waals surface area contributed by atoms with Crippen LogP contribution in [0.25, 0.3) is 0 Å². The van der Waals surface area contributed by atoms with Gasteiger partial charge in [-0.1, -0.05) is 0 Å². The second-order valence-electron chi connectivity index (χ2n) is 6.07. The predicted molar refractivity (Wildman–Crippen MR) is 102 cm³/mol. The summed E-state index contributed by atoms with van der Waals surface area (Å²) in [6, 6.07) is 0.0266. The van der Waals surface area contributed by atoms with E-state index in [9.17, 15) is 35.6 Å². The number of alkyl halides is 3. The number of carbonyl (C=O) groups is 2. The third-order valence-electron chi connectivity index (χ3n) is 3.65. The van der Waals surface area contributed by atoms with Gasteiger partial charge in [0.15, 0.2) is 11.6 Å². The number of nitrogens with zero attached hydrogens (tertiary/aromatic N) is 1. The lowest BCUT2D eigenvalue weighted by Crippen LogP contribution is -2.34. The molecule has 0 bridgehead atoms. The highest BCUT2D eigenvalue weighted by Gasteiger charge is 2.36. The molecule has 0 radical (unpaired) electrons. The Morgan fingerprint density at radius 3 is 2.52 bits per heavy atom. The summed E-state index contributed by atoms with van der Waals surface area (Å²) in [5.41, 5.74) is 3.88. The Hall–Kier alpha value is -2.94. The van der Waals surface area contributed by atoms with E-state index in [2.05, 4.69) is 4.98 Å². The van der Waals surface area contributed by atoms with Crippen LogP contribution in [0.3, 0.4) is 0 Å². The number of pyridine rings is 1. The molecule has 2 aromatic heterocycles. The molecule has 170 valence electrons. The number of sulfonamides is 1. The first-order valence-electron chi connectivity index (χ1n) is 8.30. The van der Waals surface area contributed by atoms with E-state index in [1.807, 2.05) is 0 Å². The van der Waals surface area contributed by atoms with E-state index >= 15 is 0 Å². The Bertz CT molecular complexity index is 1120. The summed E-state index contributed by atoms with van der Waals surface area (Å²) in [4.78, 5) is 26.6. The van der Waals surface area contributed by atoms with Gasteiger partial charge in [-0.3, -0.25) is 10.1 Å². The number of urea groups is 1. The third kappa shape index (κ3) is 6.27. The molecule has 0 fully saturated rings. The highest BCUT2D eigenvalue weighted by atomic mass is 32.2. The molecule has 0 aliphatic carbocycles. The highest BCUT2D eigenvalue weighted by Crippen LogP contribution is 2.34. The van der Waals surface area contributed by atoms with E-state index in [1.54, 1.807) is 17.0 Å². The Labute approximate surface area is 177 Å². The Balaban J connectivity index is 2.15. The molecule has 0 aliphatic rings. The van der Waals surface area contributed by atoms with Crippen LogP contribution in [0.15, 0.2) is 16.3 Å². The Kier molecular flexibility index (Phi) is 7.10. The quantitative estimate of drug-likeness (QED) is 0.423. The number of hydrogen-bond acceptors (Lipinski definition) is 8. The topological polar surface area (TPSA) is 140 Å². The first-order chi connectivity index (χ1) is 14.2. The van der Waals surface area contributed by atoms with Gasteiger partial charge in [0.05, 0.1) is 12.2 Å². The van der Waals surface area contributed by atoms with Crippen LogP contribution in [-0.2, 0) is 32.2 Å². The van der Waals surface area contributed by atoms with Crippen molar-refractivity contribution in [2.24, 2.45) is 0 Å². The summed E-state index contributed by atoms with van der Waals surface area (Å²) in [5, 5.41) is 1.78. The summed E-state index contributed by atoms with van der Waals surface area (Å²) in [7, 11) is -4.39. The lowest BCUT2D eigenvalue weighted by Gasteiger charge is -2.12. The summed E-state index contributed by atoms with van der Waals surface area (Å²) in [5.74, 6) is -4.24. The van der Waals surface area contributed by atoms with E-state index in [4.69, 9.17) is 10.5 Å². The number of aryl methyl sites for hydroxylation is 1. The molecule has 2 amide bonds. The SMILES string of the molecule is CC(=O)OCCc1sc(S(=O)(=O)NC(=O)Nc2cc(C(F)(F)F)c(F)c(N)n2)cc1C. The second kappa shape index (κ2) is 9.05. The average Bonchev–Trinajstić information content (AvgIpc) is 2.98. The lowest BCUT2D eigenvalue weighted by molar-refractivity contribution is -0.141. The van der Waals surface area contributed by atoms with Gasteiger partial charge in [0.1, 0.15) is 10.0 Å². The highest BCUT2D eigenvalue weighted by molar-refractivity contribution is 7.92. The van der Waals surface area contributed by atoms with E-state index in [0.29, 0.717) is 10.4 Å². The Morgan fingerprint density at radius 1 is 1.29 bits per heavy atom. The van der Waals surface area contributed by atoms with Gasteiger partial charge in [0.2, 0.25) is 0 Å². The minimum atomic E-state index is -5.11. The lowest BCUT2D eigenvalue weighted by atomic mass is 10.2. The van der Waals surface area contributed by atoms with E-state index in [-0.39, 0.29) is 23.3 Å². The number of carbonyl (C=O) groups excluding carboxylic acids is 2. The summed E-state index contributed by atoms with van der Waals surface area (Å²) in [6.45, 7) is 2.87. The number of aromatic nitrogens is 1. The first-order valence-corrected chi connectivity index (χ1v) is 10.6. The monoisotopic (exact) mass is 484 g/mol. The minimum absolute atomic E-state index is 0.0310. The molecule has 0 saturated heterocycles. The van der Waals surface area contributed by atoms with Crippen molar-refractivity contribution in [2.45, 2.75) is 30.7 Å². The maximum absolute atomic E-state index is 13.5. The number of anilines is 2. The fraction of sp³-hybridized carbons (Fsp3) is 0.312. The van der Waals surface area contributed by atoms with Crippen molar-refractivity contribution >= 4 is 45.0 Å². The van der Waals surface area contributed by atoms with E-state index in [1.165, 1.54) is 13.0 Å². The van der Waals surface area contributed by atoms with Gasteiger partial charge in [0.25, 0.3) is 10.0 Å². The van der Waals surface area contributed by atoms with Gasteiger partial charge in [-0.15, -0.1) is 11.3 Å². The van der Waals surface area contributed by atoms with Crippen LogP contribution < -0.4 is 15.8 Å². The number of halogens is 4. The van der Waals surface area contributed by atoms with Gasteiger partial charge in [-0.05, 0) is 24.6 Å². The first kappa shape index (κ1) is 24.3. The number of rotatable bonds is 6.